The highest BCUT2D eigenvalue weighted by atomic mass is 16.5. The largest absolute Gasteiger partial charge is 0.426 e. The Kier molecular flexibility index (Phi) is 6.68. The van der Waals surface area contributed by atoms with Crippen molar-refractivity contribution in [2.75, 3.05) is 0 Å². The molecule has 0 bridgehead atoms. The summed E-state index contributed by atoms with van der Waals surface area (Å²) in [4.78, 5) is 35.9. The molecule has 0 fully saturated rings. The molecule has 0 atom stereocenters. The Hall–Kier alpha value is -4.26. The Morgan fingerprint density at radius 1 is 0.800 bits per heavy atom. The van der Waals surface area contributed by atoms with Crippen LogP contribution in [0.2, 0.25) is 0 Å². The van der Waals surface area contributed by atoms with Crippen LogP contribution in [0.5, 0.6) is 11.5 Å². The van der Waals surface area contributed by atoms with Crippen molar-refractivity contribution in [2.45, 2.75) is 6.92 Å². The Labute approximate surface area is 172 Å². The SMILES string of the molecule is CC(=O)Oc1ccccc1C(=O)Oc1ccccc1C=NNC(=O)c1ccccc1. The molecule has 3 aromatic rings. The fourth-order valence-electron chi connectivity index (χ4n) is 2.53. The lowest BCUT2D eigenvalue weighted by Gasteiger charge is -2.10. The van der Waals surface area contributed by atoms with Gasteiger partial charge in [0.1, 0.15) is 17.1 Å². The molecule has 0 aliphatic carbocycles. The quantitative estimate of drug-likeness (QED) is 0.294. The fraction of sp³-hybridized carbons (Fsp3) is 0.0435. The summed E-state index contributed by atoms with van der Waals surface area (Å²) >= 11 is 0. The van der Waals surface area contributed by atoms with Crippen LogP contribution in [0.1, 0.15) is 33.2 Å². The van der Waals surface area contributed by atoms with Crippen LogP contribution in [0.15, 0.2) is 84.0 Å². The van der Waals surface area contributed by atoms with Crippen molar-refractivity contribution >= 4 is 24.1 Å². The maximum atomic E-state index is 12.6. The van der Waals surface area contributed by atoms with Gasteiger partial charge in [0.05, 0.1) is 6.21 Å². The molecule has 0 aromatic heterocycles. The molecule has 1 N–H and O–H groups in total. The molecule has 0 aliphatic rings. The molecule has 30 heavy (non-hydrogen) atoms. The number of hydrogen-bond donors (Lipinski definition) is 1. The number of ether oxygens (including phenoxy) is 2. The van der Waals surface area contributed by atoms with Gasteiger partial charge in [-0.05, 0) is 36.4 Å². The molecule has 0 unspecified atom stereocenters. The maximum Gasteiger partial charge on any atom is 0.347 e. The average molecular weight is 402 g/mol. The highest BCUT2D eigenvalue weighted by Crippen LogP contribution is 2.22. The number of hydrazone groups is 1. The summed E-state index contributed by atoms with van der Waals surface area (Å²) in [6, 6.07) is 21.6. The minimum Gasteiger partial charge on any atom is -0.426 e. The van der Waals surface area contributed by atoms with Gasteiger partial charge in [0.25, 0.3) is 5.91 Å². The number of para-hydroxylation sites is 2. The van der Waals surface area contributed by atoms with Crippen LogP contribution < -0.4 is 14.9 Å². The molecular formula is C23H18N2O5. The smallest absolute Gasteiger partial charge is 0.347 e. The standard InChI is InChI=1S/C23H18N2O5/c1-16(26)29-21-14-8-6-12-19(21)23(28)30-20-13-7-5-11-18(20)15-24-25-22(27)17-9-3-2-4-10-17/h2-15H,1H3,(H,25,27). The van der Waals surface area contributed by atoms with E-state index >= 15 is 0 Å². The first-order valence-electron chi connectivity index (χ1n) is 9.01. The number of hydrogen-bond acceptors (Lipinski definition) is 6. The van der Waals surface area contributed by atoms with E-state index in [4.69, 9.17) is 9.47 Å². The van der Waals surface area contributed by atoms with Crippen LogP contribution >= 0.6 is 0 Å². The lowest BCUT2D eigenvalue weighted by Crippen LogP contribution is -2.17. The number of rotatable bonds is 6. The van der Waals surface area contributed by atoms with Gasteiger partial charge in [-0.2, -0.15) is 5.10 Å². The zero-order valence-electron chi connectivity index (χ0n) is 16.1. The molecule has 0 radical (unpaired) electrons. The van der Waals surface area contributed by atoms with Crippen LogP contribution in [-0.2, 0) is 4.79 Å². The van der Waals surface area contributed by atoms with Gasteiger partial charge in [0.2, 0.25) is 0 Å². The molecule has 3 rings (SSSR count). The van der Waals surface area contributed by atoms with E-state index in [1.165, 1.54) is 25.3 Å². The molecule has 7 nitrogen and oxygen atoms in total. The topological polar surface area (TPSA) is 94.1 Å². The van der Waals surface area contributed by atoms with E-state index in [-0.39, 0.29) is 23.0 Å². The summed E-state index contributed by atoms with van der Waals surface area (Å²) in [6.07, 6.45) is 1.38. The van der Waals surface area contributed by atoms with E-state index in [2.05, 4.69) is 10.5 Å². The lowest BCUT2D eigenvalue weighted by molar-refractivity contribution is -0.131. The number of nitrogens with one attached hydrogen (secondary N) is 1. The summed E-state index contributed by atoms with van der Waals surface area (Å²) in [5, 5.41) is 3.93. The number of esters is 2. The summed E-state index contributed by atoms with van der Waals surface area (Å²) in [7, 11) is 0. The van der Waals surface area contributed by atoms with Crippen LogP contribution in [0, 0.1) is 0 Å². The number of carbonyl (C=O) groups excluding carboxylic acids is 3. The van der Waals surface area contributed by atoms with Crippen molar-refractivity contribution < 1.29 is 23.9 Å². The van der Waals surface area contributed by atoms with Gasteiger partial charge >= 0.3 is 11.9 Å². The third-order valence-corrected chi connectivity index (χ3v) is 3.89. The molecule has 0 saturated heterocycles. The van der Waals surface area contributed by atoms with Crippen molar-refractivity contribution in [1.29, 1.82) is 0 Å². The first-order valence-corrected chi connectivity index (χ1v) is 9.01. The number of carbonyl (C=O) groups is 3. The normalized spacial score (nSPS) is 10.4. The van der Waals surface area contributed by atoms with Crippen molar-refractivity contribution in [3.05, 3.63) is 95.6 Å². The summed E-state index contributed by atoms with van der Waals surface area (Å²) in [6.45, 7) is 1.25. The summed E-state index contributed by atoms with van der Waals surface area (Å²) in [5.74, 6) is -1.26. The second-order valence-corrected chi connectivity index (χ2v) is 6.08. The zero-order valence-corrected chi connectivity index (χ0v) is 16.1. The minimum atomic E-state index is -0.693. The number of amides is 1. The predicted octanol–water partition coefficient (Wildman–Crippen LogP) is 3.60. The highest BCUT2D eigenvalue weighted by Gasteiger charge is 2.17. The van der Waals surface area contributed by atoms with Crippen LogP contribution in [0.25, 0.3) is 0 Å². The zero-order chi connectivity index (χ0) is 21.3. The van der Waals surface area contributed by atoms with Gasteiger partial charge in [-0.3, -0.25) is 9.59 Å². The molecule has 1 amide bonds. The van der Waals surface area contributed by atoms with Crippen LogP contribution in [-0.4, -0.2) is 24.1 Å². The number of benzene rings is 3. The molecule has 3 aromatic carbocycles. The Morgan fingerprint density at radius 3 is 2.17 bits per heavy atom. The van der Waals surface area contributed by atoms with E-state index < -0.39 is 11.9 Å². The average Bonchev–Trinajstić information content (AvgIpc) is 2.75. The second-order valence-electron chi connectivity index (χ2n) is 6.08. The van der Waals surface area contributed by atoms with Crippen LogP contribution in [0.3, 0.4) is 0 Å². The van der Waals surface area contributed by atoms with E-state index in [1.54, 1.807) is 60.7 Å². The van der Waals surface area contributed by atoms with Gasteiger partial charge in [0.15, 0.2) is 0 Å². The van der Waals surface area contributed by atoms with Crippen molar-refractivity contribution in [3.63, 3.8) is 0 Å². The van der Waals surface area contributed by atoms with E-state index in [1.807, 2.05) is 6.07 Å². The van der Waals surface area contributed by atoms with E-state index in [9.17, 15) is 14.4 Å². The van der Waals surface area contributed by atoms with Gasteiger partial charge in [-0.25, -0.2) is 10.2 Å². The summed E-state index contributed by atoms with van der Waals surface area (Å²) < 4.78 is 10.5. The summed E-state index contributed by atoms with van der Waals surface area (Å²) in [5.41, 5.74) is 3.48. The van der Waals surface area contributed by atoms with Crippen LogP contribution in [0.4, 0.5) is 0 Å². The molecule has 0 spiro atoms. The lowest BCUT2D eigenvalue weighted by atomic mass is 10.2. The van der Waals surface area contributed by atoms with Gasteiger partial charge < -0.3 is 9.47 Å². The van der Waals surface area contributed by atoms with Gasteiger partial charge in [-0.15, -0.1) is 0 Å². The van der Waals surface area contributed by atoms with E-state index in [0.29, 0.717) is 11.1 Å². The Balaban J connectivity index is 1.74. The second kappa shape index (κ2) is 9.79. The van der Waals surface area contributed by atoms with Crippen molar-refractivity contribution in [1.82, 2.24) is 5.43 Å². The van der Waals surface area contributed by atoms with Gasteiger partial charge in [-0.1, -0.05) is 42.5 Å². The molecule has 0 aliphatic heterocycles. The number of nitrogens with zero attached hydrogens (tertiary/aromatic N) is 1. The fourth-order valence-corrected chi connectivity index (χ4v) is 2.53. The minimum absolute atomic E-state index is 0.108. The molecule has 0 saturated carbocycles. The maximum absolute atomic E-state index is 12.6. The monoisotopic (exact) mass is 402 g/mol. The highest BCUT2D eigenvalue weighted by molar-refractivity contribution is 5.97. The first kappa shape index (κ1) is 20.5. The molecule has 150 valence electrons. The predicted molar refractivity (Wildman–Crippen MR) is 111 cm³/mol. The Bertz CT molecular complexity index is 1090. The molecule has 0 heterocycles. The Morgan fingerprint density at radius 2 is 1.43 bits per heavy atom. The molecular weight excluding hydrogens is 384 g/mol. The van der Waals surface area contributed by atoms with E-state index in [0.717, 1.165) is 0 Å². The molecule has 7 heteroatoms. The third kappa shape index (κ3) is 5.39. The third-order valence-electron chi connectivity index (χ3n) is 3.89. The van der Waals surface area contributed by atoms with Crippen molar-refractivity contribution in [2.24, 2.45) is 5.10 Å². The van der Waals surface area contributed by atoms with Crippen molar-refractivity contribution in [3.8, 4) is 11.5 Å². The van der Waals surface area contributed by atoms with Gasteiger partial charge in [0, 0.05) is 18.1 Å². The first-order chi connectivity index (χ1) is 14.5.